The number of likely N-dealkylation sites (tertiary alicyclic amines) is 1. The number of benzene rings is 1. The Morgan fingerprint density at radius 3 is 2.50 bits per heavy atom. The molecule has 1 saturated heterocycles. The highest BCUT2D eigenvalue weighted by atomic mass is 32.1. The van der Waals surface area contributed by atoms with Crippen LogP contribution < -0.4 is 0 Å². The van der Waals surface area contributed by atoms with Crippen molar-refractivity contribution in [3.05, 3.63) is 41.0 Å². The van der Waals surface area contributed by atoms with Crippen molar-refractivity contribution in [1.29, 1.82) is 0 Å². The minimum atomic E-state index is -0.966. The molecule has 2 aliphatic rings. The number of esters is 1. The van der Waals surface area contributed by atoms with Crippen LogP contribution in [0.15, 0.2) is 29.8 Å². The molecule has 2 heterocycles. The van der Waals surface area contributed by atoms with E-state index < -0.39 is 30.1 Å². The molecule has 0 bridgehead atoms. The number of carbonyl (C=O) groups excluding carboxylic acids is 3. The molecule has 1 N–H and O–H groups in total. The highest BCUT2D eigenvalue weighted by Gasteiger charge is 2.42. The molecule has 0 spiro atoms. The number of carbonyl (C=O) groups is 3. The number of thiazole rings is 1. The van der Waals surface area contributed by atoms with Gasteiger partial charge >= 0.3 is 5.97 Å². The quantitative estimate of drug-likeness (QED) is 0.576. The lowest BCUT2D eigenvalue weighted by molar-refractivity contribution is -0.158. The number of nitrogens with zero attached hydrogens (tertiary/aromatic N) is 2. The van der Waals surface area contributed by atoms with Gasteiger partial charge in [0.1, 0.15) is 0 Å². The average molecular weight is 485 g/mol. The lowest BCUT2D eigenvalue weighted by Crippen LogP contribution is -2.47. The molecule has 4 rings (SSSR count). The van der Waals surface area contributed by atoms with Gasteiger partial charge in [0.05, 0.1) is 28.2 Å². The number of β-amino-alcohol motifs (C(OH)–C–C–N with tert-alkyl or cyclic N) is 1. The number of Topliss-reactive ketones (excluding diaryl/α,β-unsaturated/α-hetero) is 1. The number of hydrogen-bond donors (Lipinski definition) is 1. The van der Waals surface area contributed by atoms with E-state index in [1.54, 1.807) is 11.3 Å². The first kappa shape index (κ1) is 24.5. The van der Waals surface area contributed by atoms with Crippen LogP contribution in [0.4, 0.5) is 0 Å². The van der Waals surface area contributed by atoms with Gasteiger partial charge in [-0.15, -0.1) is 11.3 Å². The summed E-state index contributed by atoms with van der Waals surface area (Å²) in [5, 5.41) is 10.1. The summed E-state index contributed by atoms with van der Waals surface area (Å²) in [6.45, 7) is 4.86. The molecule has 182 valence electrons. The van der Waals surface area contributed by atoms with E-state index >= 15 is 0 Å². The molecule has 5 unspecified atom stereocenters. The van der Waals surface area contributed by atoms with Gasteiger partial charge in [-0.25, -0.2) is 4.98 Å². The SMILES string of the molecule is CC(=O)OC(C)C(=O)N1CC(O)CC1C(=O)CC1CCC1Cc1ccc(-c2scnc2C)cc1. The molecule has 1 aliphatic carbocycles. The summed E-state index contributed by atoms with van der Waals surface area (Å²) >= 11 is 1.65. The number of rotatable bonds is 8. The fourth-order valence-electron chi connectivity index (χ4n) is 5.14. The summed E-state index contributed by atoms with van der Waals surface area (Å²) in [6.07, 6.45) is 1.97. The molecule has 1 amide bonds. The molecule has 1 saturated carbocycles. The number of aliphatic hydroxyl groups is 1. The Kier molecular flexibility index (Phi) is 7.48. The van der Waals surface area contributed by atoms with E-state index in [1.807, 2.05) is 12.4 Å². The molecule has 34 heavy (non-hydrogen) atoms. The molecule has 5 atom stereocenters. The van der Waals surface area contributed by atoms with Gasteiger partial charge < -0.3 is 14.7 Å². The standard InChI is InChI=1S/C26H32N2O5S/c1-15-25(34-14-27-15)19-6-4-18(5-7-19)10-20-8-9-21(20)11-24(31)23-12-22(30)13-28(23)26(32)16(2)33-17(3)29/h4-7,14,16,20-23,30H,8-13H2,1-3H3. The number of aliphatic hydroxyl groups excluding tert-OH is 1. The smallest absolute Gasteiger partial charge is 0.303 e. The second-order valence-electron chi connectivity index (χ2n) is 9.58. The van der Waals surface area contributed by atoms with Gasteiger partial charge in [-0.3, -0.25) is 14.4 Å². The van der Waals surface area contributed by atoms with E-state index in [9.17, 15) is 19.5 Å². The summed E-state index contributed by atoms with van der Waals surface area (Å²) in [5.74, 6) is -0.250. The fraction of sp³-hybridized carbons (Fsp3) is 0.538. The molecule has 1 aromatic heterocycles. The van der Waals surface area contributed by atoms with E-state index in [4.69, 9.17) is 4.74 Å². The van der Waals surface area contributed by atoms with Crippen LogP contribution >= 0.6 is 11.3 Å². The number of ether oxygens (including phenoxy) is 1. The zero-order chi connectivity index (χ0) is 24.4. The lowest BCUT2D eigenvalue weighted by atomic mass is 9.68. The zero-order valence-corrected chi connectivity index (χ0v) is 20.7. The number of ketones is 1. The van der Waals surface area contributed by atoms with Crippen molar-refractivity contribution in [1.82, 2.24) is 9.88 Å². The molecule has 2 aromatic rings. The minimum Gasteiger partial charge on any atom is -0.453 e. The summed E-state index contributed by atoms with van der Waals surface area (Å²) < 4.78 is 5.00. The normalized spacial score (nSPS) is 25.0. The van der Waals surface area contributed by atoms with Crippen molar-refractivity contribution in [3.63, 3.8) is 0 Å². The van der Waals surface area contributed by atoms with Crippen molar-refractivity contribution < 1.29 is 24.2 Å². The summed E-state index contributed by atoms with van der Waals surface area (Å²) in [7, 11) is 0. The van der Waals surface area contributed by atoms with Crippen LogP contribution in [-0.2, 0) is 25.5 Å². The van der Waals surface area contributed by atoms with Crippen LogP contribution in [0.2, 0.25) is 0 Å². The molecule has 8 heteroatoms. The summed E-state index contributed by atoms with van der Waals surface area (Å²) in [4.78, 5) is 44.0. The zero-order valence-electron chi connectivity index (χ0n) is 19.9. The molecular formula is C26H32N2O5S. The maximum Gasteiger partial charge on any atom is 0.303 e. The van der Waals surface area contributed by atoms with E-state index in [0.717, 1.165) is 25.0 Å². The predicted octanol–water partition coefficient (Wildman–Crippen LogP) is 3.56. The van der Waals surface area contributed by atoms with Gasteiger partial charge in [-0.1, -0.05) is 24.3 Å². The third-order valence-corrected chi connectivity index (χ3v) is 8.10. The predicted molar refractivity (Wildman–Crippen MR) is 129 cm³/mol. The monoisotopic (exact) mass is 484 g/mol. The number of aryl methyl sites for hydroxylation is 1. The second-order valence-corrected chi connectivity index (χ2v) is 10.4. The first-order valence-electron chi connectivity index (χ1n) is 11.9. The van der Waals surface area contributed by atoms with Crippen molar-refractivity contribution in [2.45, 2.75) is 71.1 Å². The Morgan fingerprint density at radius 1 is 1.21 bits per heavy atom. The van der Waals surface area contributed by atoms with Gasteiger partial charge in [0, 0.05) is 26.3 Å². The van der Waals surface area contributed by atoms with Crippen molar-refractivity contribution in [2.75, 3.05) is 6.54 Å². The number of hydrogen-bond acceptors (Lipinski definition) is 7. The van der Waals surface area contributed by atoms with Gasteiger partial charge in [-0.2, -0.15) is 0 Å². The summed E-state index contributed by atoms with van der Waals surface area (Å²) in [5.41, 5.74) is 5.35. The van der Waals surface area contributed by atoms with E-state index in [1.165, 1.54) is 34.8 Å². The maximum atomic E-state index is 13.1. The fourth-order valence-corrected chi connectivity index (χ4v) is 5.95. The minimum absolute atomic E-state index is 0.00866. The average Bonchev–Trinajstić information content (AvgIpc) is 3.39. The third-order valence-electron chi connectivity index (χ3n) is 7.12. The molecule has 1 aromatic carbocycles. The van der Waals surface area contributed by atoms with Gasteiger partial charge in [0.15, 0.2) is 11.9 Å². The first-order chi connectivity index (χ1) is 16.2. The number of amides is 1. The second kappa shape index (κ2) is 10.4. The highest BCUT2D eigenvalue weighted by Crippen LogP contribution is 2.40. The summed E-state index contributed by atoms with van der Waals surface area (Å²) in [6, 6.07) is 7.96. The first-order valence-corrected chi connectivity index (χ1v) is 12.8. The Bertz CT molecular complexity index is 1050. The third kappa shape index (κ3) is 5.39. The Balaban J connectivity index is 1.34. The van der Waals surface area contributed by atoms with Crippen LogP contribution in [0.25, 0.3) is 10.4 Å². The lowest BCUT2D eigenvalue weighted by Gasteiger charge is -2.37. The van der Waals surface area contributed by atoms with Crippen LogP contribution in [0.3, 0.4) is 0 Å². The molecule has 2 fully saturated rings. The van der Waals surface area contributed by atoms with Crippen molar-refractivity contribution in [3.8, 4) is 10.4 Å². The topological polar surface area (TPSA) is 96.8 Å². The number of aromatic nitrogens is 1. The van der Waals surface area contributed by atoms with Crippen molar-refractivity contribution in [2.24, 2.45) is 11.8 Å². The van der Waals surface area contributed by atoms with Crippen LogP contribution in [0.1, 0.15) is 50.8 Å². The van der Waals surface area contributed by atoms with Crippen LogP contribution in [-0.4, -0.2) is 57.4 Å². The Morgan fingerprint density at radius 2 is 1.91 bits per heavy atom. The highest BCUT2D eigenvalue weighted by molar-refractivity contribution is 7.13. The largest absolute Gasteiger partial charge is 0.453 e. The van der Waals surface area contributed by atoms with E-state index in [2.05, 4.69) is 29.2 Å². The van der Waals surface area contributed by atoms with Gasteiger partial charge in [-0.05, 0) is 56.1 Å². The van der Waals surface area contributed by atoms with E-state index in [0.29, 0.717) is 12.3 Å². The molecule has 7 nitrogen and oxygen atoms in total. The van der Waals surface area contributed by atoms with Gasteiger partial charge in [0.25, 0.3) is 5.91 Å². The Hall–Kier alpha value is -2.58. The Labute approximate surface area is 204 Å². The van der Waals surface area contributed by atoms with Crippen LogP contribution in [0.5, 0.6) is 0 Å². The van der Waals surface area contributed by atoms with Crippen molar-refractivity contribution >= 4 is 29.0 Å². The maximum absolute atomic E-state index is 13.1. The molecule has 0 radical (unpaired) electrons. The van der Waals surface area contributed by atoms with Gasteiger partial charge in [0.2, 0.25) is 0 Å². The van der Waals surface area contributed by atoms with Crippen LogP contribution in [0, 0.1) is 18.8 Å². The van der Waals surface area contributed by atoms with E-state index in [-0.39, 0.29) is 24.7 Å². The molecule has 1 aliphatic heterocycles. The molecular weight excluding hydrogens is 452 g/mol.